The SMILES string of the molecule is C=CCOC(=O)COc1c(C(=O)OCC)sc(-c2cccc(N(C3CCNCC3)S(=O)(=O)Cc3ccccc3)c2)c1Br. The van der Waals surface area contributed by atoms with Crippen molar-refractivity contribution < 1.29 is 32.2 Å². The molecule has 3 aromatic rings. The Hall–Kier alpha value is -3.19. The minimum Gasteiger partial charge on any atom is -0.479 e. The molecule has 1 aromatic heterocycles. The first kappa shape index (κ1) is 31.7. The summed E-state index contributed by atoms with van der Waals surface area (Å²) >= 11 is 4.68. The van der Waals surface area contributed by atoms with Crippen molar-refractivity contribution in [2.75, 3.05) is 37.2 Å². The van der Waals surface area contributed by atoms with Crippen molar-refractivity contribution in [1.82, 2.24) is 5.32 Å². The number of rotatable bonds is 13. The lowest BCUT2D eigenvalue weighted by Crippen LogP contribution is -2.46. The van der Waals surface area contributed by atoms with E-state index in [2.05, 4.69) is 27.8 Å². The van der Waals surface area contributed by atoms with Crippen LogP contribution in [0.2, 0.25) is 0 Å². The van der Waals surface area contributed by atoms with Gasteiger partial charge in [-0.2, -0.15) is 0 Å². The summed E-state index contributed by atoms with van der Waals surface area (Å²) in [7, 11) is -3.75. The predicted octanol–water partition coefficient (Wildman–Crippen LogP) is 5.55. The van der Waals surface area contributed by atoms with Crippen LogP contribution in [0.15, 0.2) is 71.7 Å². The molecule has 224 valence electrons. The molecule has 12 heteroatoms. The topological polar surface area (TPSA) is 111 Å². The van der Waals surface area contributed by atoms with E-state index in [1.54, 1.807) is 29.4 Å². The quantitative estimate of drug-likeness (QED) is 0.185. The summed E-state index contributed by atoms with van der Waals surface area (Å²) in [6.07, 6.45) is 2.79. The van der Waals surface area contributed by atoms with Crippen LogP contribution in [0.5, 0.6) is 5.75 Å². The number of ether oxygens (including phenoxy) is 3. The van der Waals surface area contributed by atoms with Gasteiger partial charge < -0.3 is 19.5 Å². The minimum absolute atomic E-state index is 0.0382. The van der Waals surface area contributed by atoms with Crippen molar-refractivity contribution in [3.05, 3.63) is 82.2 Å². The van der Waals surface area contributed by atoms with Crippen LogP contribution in [0.4, 0.5) is 5.69 Å². The molecule has 0 atom stereocenters. The van der Waals surface area contributed by atoms with Crippen LogP contribution in [0.1, 0.15) is 35.0 Å². The second-order valence-corrected chi connectivity index (χ2v) is 13.1. The molecule has 2 aromatic carbocycles. The molecule has 2 heterocycles. The number of nitrogens with zero attached hydrogens (tertiary/aromatic N) is 1. The van der Waals surface area contributed by atoms with E-state index in [0.717, 1.165) is 24.4 Å². The Morgan fingerprint density at radius 3 is 2.55 bits per heavy atom. The van der Waals surface area contributed by atoms with Gasteiger partial charge in [0.05, 0.1) is 27.4 Å². The maximum atomic E-state index is 13.9. The van der Waals surface area contributed by atoms with Crippen LogP contribution in [0.3, 0.4) is 0 Å². The fraction of sp³-hybridized carbons (Fsp3) is 0.333. The molecule has 1 N–H and O–H groups in total. The number of hydrogen-bond acceptors (Lipinski definition) is 9. The van der Waals surface area contributed by atoms with Crippen LogP contribution >= 0.6 is 27.3 Å². The summed E-state index contributed by atoms with van der Waals surface area (Å²) in [5.41, 5.74) is 1.91. The second-order valence-electron chi connectivity index (χ2n) is 9.45. The predicted molar refractivity (Wildman–Crippen MR) is 167 cm³/mol. The number of sulfonamides is 1. The third-order valence-electron chi connectivity index (χ3n) is 6.46. The Morgan fingerprint density at radius 2 is 1.86 bits per heavy atom. The number of nitrogens with one attached hydrogen (secondary N) is 1. The highest BCUT2D eigenvalue weighted by Gasteiger charge is 2.32. The van der Waals surface area contributed by atoms with Crippen molar-refractivity contribution in [3.63, 3.8) is 0 Å². The summed E-state index contributed by atoms with van der Waals surface area (Å²) in [4.78, 5) is 25.7. The Labute approximate surface area is 258 Å². The van der Waals surface area contributed by atoms with E-state index in [-0.39, 0.29) is 35.6 Å². The third-order valence-corrected chi connectivity index (χ3v) is 10.5. The van der Waals surface area contributed by atoms with Gasteiger partial charge in [0.2, 0.25) is 10.0 Å². The van der Waals surface area contributed by atoms with Gasteiger partial charge >= 0.3 is 11.9 Å². The van der Waals surface area contributed by atoms with E-state index in [1.807, 2.05) is 36.4 Å². The highest BCUT2D eigenvalue weighted by Crippen LogP contribution is 2.47. The molecule has 0 radical (unpaired) electrons. The number of thiophene rings is 1. The van der Waals surface area contributed by atoms with Gasteiger partial charge in [-0.1, -0.05) is 55.1 Å². The van der Waals surface area contributed by atoms with E-state index in [1.165, 1.54) is 6.08 Å². The number of anilines is 1. The molecule has 1 fully saturated rings. The molecule has 0 aliphatic carbocycles. The number of benzene rings is 2. The Kier molecular flexibility index (Phi) is 11.2. The number of hydrogen-bond donors (Lipinski definition) is 1. The third kappa shape index (κ3) is 7.80. The van der Waals surface area contributed by atoms with E-state index in [9.17, 15) is 18.0 Å². The highest BCUT2D eigenvalue weighted by atomic mass is 79.9. The molecule has 0 bridgehead atoms. The Morgan fingerprint density at radius 1 is 1.12 bits per heavy atom. The normalized spacial score (nSPS) is 13.8. The summed E-state index contributed by atoms with van der Waals surface area (Å²) < 4.78 is 45.8. The lowest BCUT2D eigenvalue weighted by molar-refractivity contribution is -0.144. The number of carbonyl (C=O) groups is 2. The molecule has 0 unspecified atom stereocenters. The average Bonchev–Trinajstić information content (AvgIpc) is 3.32. The van der Waals surface area contributed by atoms with Gasteiger partial charge in [-0.3, -0.25) is 4.31 Å². The zero-order chi connectivity index (χ0) is 30.1. The molecule has 1 saturated heterocycles. The van der Waals surface area contributed by atoms with Gasteiger partial charge in [0.1, 0.15) is 6.61 Å². The van der Waals surface area contributed by atoms with Crippen LogP contribution in [-0.4, -0.2) is 59.3 Å². The van der Waals surface area contributed by atoms with Gasteiger partial charge in [0, 0.05) is 6.04 Å². The number of halogens is 1. The monoisotopic (exact) mass is 676 g/mol. The zero-order valence-electron chi connectivity index (χ0n) is 23.2. The van der Waals surface area contributed by atoms with Gasteiger partial charge in [0.25, 0.3) is 0 Å². The molecule has 0 amide bonds. The van der Waals surface area contributed by atoms with Crippen LogP contribution < -0.4 is 14.4 Å². The van der Waals surface area contributed by atoms with Crippen molar-refractivity contribution in [2.24, 2.45) is 0 Å². The Bertz CT molecular complexity index is 1500. The van der Waals surface area contributed by atoms with E-state index < -0.39 is 28.6 Å². The molecule has 4 rings (SSSR count). The maximum Gasteiger partial charge on any atom is 0.352 e. The van der Waals surface area contributed by atoms with Gasteiger partial charge in [-0.15, -0.1) is 11.3 Å². The van der Waals surface area contributed by atoms with Crippen LogP contribution in [-0.2, 0) is 30.0 Å². The molecular weight excluding hydrogens is 644 g/mol. The summed E-state index contributed by atoms with van der Waals surface area (Å²) in [6.45, 7) is 6.43. The molecule has 9 nitrogen and oxygen atoms in total. The molecular formula is C30H33BrN2O7S2. The van der Waals surface area contributed by atoms with Crippen LogP contribution in [0, 0.1) is 0 Å². The minimum atomic E-state index is -3.75. The smallest absolute Gasteiger partial charge is 0.352 e. The second kappa shape index (κ2) is 14.8. The van der Waals surface area contributed by atoms with Crippen molar-refractivity contribution in [2.45, 2.75) is 31.6 Å². The van der Waals surface area contributed by atoms with Gasteiger partial charge in [-0.05, 0) is 72.0 Å². The van der Waals surface area contributed by atoms with Crippen molar-refractivity contribution in [3.8, 4) is 16.2 Å². The summed E-state index contributed by atoms with van der Waals surface area (Å²) in [5, 5.41) is 3.31. The zero-order valence-corrected chi connectivity index (χ0v) is 26.4. The van der Waals surface area contributed by atoms with Crippen LogP contribution in [0.25, 0.3) is 10.4 Å². The summed E-state index contributed by atoms with van der Waals surface area (Å²) in [5.74, 6) is -1.19. The average molecular weight is 678 g/mol. The first-order chi connectivity index (χ1) is 20.2. The largest absolute Gasteiger partial charge is 0.479 e. The standard InChI is InChI=1S/C30H33BrN2O7S2/c1-3-17-39-25(34)19-40-27-26(31)28(41-29(27)30(35)38-4-2)22-11-8-12-24(18-22)33(23-13-15-32-16-14-23)42(36,37)20-21-9-6-5-7-10-21/h3,5-12,18,23,32H,1,4,13-17,19-20H2,2H3. The van der Waals surface area contributed by atoms with Crippen molar-refractivity contribution >= 4 is 54.9 Å². The molecule has 1 aliphatic rings. The van der Waals surface area contributed by atoms with Gasteiger partial charge in [-0.25, -0.2) is 18.0 Å². The molecule has 42 heavy (non-hydrogen) atoms. The highest BCUT2D eigenvalue weighted by molar-refractivity contribution is 9.10. The van der Waals surface area contributed by atoms with Crippen molar-refractivity contribution in [1.29, 1.82) is 0 Å². The number of piperidine rings is 1. The number of esters is 2. The summed E-state index contributed by atoms with van der Waals surface area (Å²) in [6, 6.07) is 16.1. The molecule has 0 saturated carbocycles. The first-order valence-electron chi connectivity index (χ1n) is 13.5. The van der Waals surface area contributed by atoms with E-state index in [4.69, 9.17) is 14.2 Å². The first-order valence-corrected chi connectivity index (χ1v) is 16.7. The lowest BCUT2D eigenvalue weighted by Gasteiger charge is -2.35. The molecule has 1 aliphatic heterocycles. The number of carbonyl (C=O) groups excluding carboxylic acids is 2. The van der Waals surface area contributed by atoms with E-state index in [0.29, 0.717) is 39.0 Å². The van der Waals surface area contributed by atoms with Gasteiger partial charge in [0.15, 0.2) is 17.2 Å². The Balaban J connectivity index is 1.73. The maximum absolute atomic E-state index is 13.9. The lowest BCUT2D eigenvalue weighted by atomic mass is 10.1. The molecule has 0 spiro atoms. The fourth-order valence-electron chi connectivity index (χ4n) is 4.64. The fourth-order valence-corrected chi connectivity index (χ4v) is 8.44. The van der Waals surface area contributed by atoms with E-state index >= 15 is 0 Å².